The Hall–Kier alpha value is -5.74. The number of hydrogen-bond acceptors (Lipinski definition) is 4. The molecule has 0 fully saturated rings. The minimum absolute atomic E-state index is 0.410. The molecule has 0 unspecified atom stereocenters. The molecule has 6 aromatic carbocycles. The van der Waals surface area contributed by atoms with Gasteiger partial charge < -0.3 is 9.73 Å². The van der Waals surface area contributed by atoms with Crippen molar-refractivity contribution in [1.82, 2.24) is 5.32 Å². The second kappa shape index (κ2) is 10.6. The molecule has 1 N–H and O–H groups in total. The van der Waals surface area contributed by atoms with Gasteiger partial charge in [-0.05, 0) is 46.5 Å². The minimum atomic E-state index is -0.410. The molecule has 1 aromatic heterocycles. The van der Waals surface area contributed by atoms with Crippen LogP contribution in [0.15, 0.2) is 166 Å². The molecule has 7 aromatic rings. The van der Waals surface area contributed by atoms with Crippen molar-refractivity contribution in [3.05, 3.63) is 168 Å². The average molecular weight is 554 g/mol. The van der Waals surface area contributed by atoms with E-state index in [4.69, 9.17) is 14.4 Å². The van der Waals surface area contributed by atoms with Crippen LogP contribution in [0.4, 0.5) is 0 Å². The fourth-order valence-electron chi connectivity index (χ4n) is 5.77. The number of furan rings is 1. The zero-order valence-electron chi connectivity index (χ0n) is 23.3. The molecule has 1 aliphatic rings. The molecule has 0 aliphatic carbocycles. The maximum Gasteiger partial charge on any atom is 0.169 e. The Kier molecular flexibility index (Phi) is 6.16. The van der Waals surface area contributed by atoms with E-state index in [9.17, 15) is 0 Å². The Labute approximate surface area is 249 Å². The lowest BCUT2D eigenvalue weighted by Crippen LogP contribution is -2.35. The van der Waals surface area contributed by atoms with Crippen molar-refractivity contribution in [3.8, 4) is 22.3 Å². The van der Waals surface area contributed by atoms with E-state index in [1.54, 1.807) is 0 Å². The number of fused-ring (bicyclic) bond motifs is 3. The molecule has 0 saturated heterocycles. The highest BCUT2D eigenvalue weighted by molar-refractivity contribution is 6.16. The van der Waals surface area contributed by atoms with E-state index in [0.29, 0.717) is 0 Å². The van der Waals surface area contributed by atoms with Gasteiger partial charge in [-0.1, -0.05) is 127 Å². The van der Waals surface area contributed by atoms with Crippen molar-refractivity contribution in [2.24, 2.45) is 9.98 Å². The fourth-order valence-corrected chi connectivity index (χ4v) is 5.77. The smallest absolute Gasteiger partial charge is 0.169 e. The van der Waals surface area contributed by atoms with Gasteiger partial charge in [0.1, 0.15) is 22.8 Å². The van der Waals surface area contributed by atoms with Crippen LogP contribution in [0.5, 0.6) is 0 Å². The summed E-state index contributed by atoms with van der Waals surface area (Å²) in [4.78, 5) is 10.2. The Balaban J connectivity index is 1.32. The summed E-state index contributed by atoms with van der Waals surface area (Å²) in [5.41, 5.74) is 9.28. The summed E-state index contributed by atoms with van der Waals surface area (Å²) in [6.07, 6.45) is -0.410. The molecular weight excluding hydrogens is 526 g/mol. The van der Waals surface area contributed by atoms with E-state index < -0.39 is 6.17 Å². The van der Waals surface area contributed by atoms with Crippen LogP contribution in [-0.2, 0) is 0 Å². The van der Waals surface area contributed by atoms with E-state index in [1.165, 1.54) is 5.56 Å². The Morgan fingerprint density at radius 1 is 0.465 bits per heavy atom. The van der Waals surface area contributed by atoms with Gasteiger partial charge in [0.05, 0.1) is 0 Å². The number of rotatable bonds is 5. The topological polar surface area (TPSA) is 49.9 Å². The molecule has 0 saturated carbocycles. The SMILES string of the molecule is c1ccc(C2=NC(c3ccc4oc5c(-c6ccccc6)cc(-c6ccccc6)cc5c4c3)N=C(c3ccccc3)N2)cc1. The lowest BCUT2D eigenvalue weighted by molar-refractivity contribution is 0.669. The molecule has 4 nitrogen and oxygen atoms in total. The molecule has 0 amide bonds. The Bertz CT molecular complexity index is 2080. The third kappa shape index (κ3) is 4.69. The summed E-state index contributed by atoms with van der Waals surface area (Å²) in [5.74, 6) is 1.60. The molecule has 0 atom stereocenters. The Morgan fingerprint density at radius 3 is 1.58 bits per heavy atom. The first-order valence-electron chi connectivity index (χ1n) is 14.4. The van der Waals surface area contributed by atoms with Gasteiger partial charge >= 0.3 is 0 Å². The van der Waals surface area contributed by atoms with Crippen LogP contribution in [0, 0.1) is 0 Å². The molecular formula is C39H27N3O. The lowest BCUT2D eigenvalue weighted by Gasteiger charge is -2.22. The highest BCUT2D eigenvalue weighted by Crippen LogP contribution is 2.40. The van der Waals surface area contributed by atoms with Crippen LogP contribution in [0.3, 0.4) is 0 Å². The number of aliphatic imine (C=N–C) groups is 2. The van der Waals surface area contributed by atoms with Crippen molar-refractivity contribution < 1.29 is 4.42 Å². The summed E-state index contributed by atoms with van der Waals surface area (Å²) in [6.45, 7) is 0. The van der Waals surface area contributed by atoms with Crippen LogP contribution in [0.2, 0.25) is 0 Å². The lowest BCUT2D eigenvalue weighted by atomic mass is 9.95. The summed E-state index contributed by atoms with van der Waals surface area (Å²) in [6, 6.07) is 52.2. The largest absolute Gasteiger partial charge is 0.455 e. The quantitative estimate of drug-likeness (QED) is 0.231. The van der Waals surface area contributed by atoms with Gasteiger partial charge in [0, 0.05) is 27.5 Å². The first kappa shape index (κ1) is 25.0. The monoisotopic (exact) mass is 553 g/mol. The van der Waals surface area contributed by atoms with E-state index in [-0.39, 0.29) is 0 Å². The number of hydrogen-bond donors (Lipinski definition) is 1. The van der Waals surface area contributed by atoms with Crippen LogP contribution < -0.4 is 5.32 Å². The van der Waals surface area contributed by atoms with Crippen molar-refractivity contribution >= 4 is 33.6 Å². The van der Waals surface area contributed by atoms with E-state index >= 15 is 0 Å². The predicted molar refractivity (Wildman–Crippen MR) is 176 cm³/mol. The van der Waals surface area contributed by atoms with E-state index in [1.807, 2.05) is 48.5 Å². The van der Waals surface area contributed by atoms with E-state index in [0.717, 1.165) is 67.0 Å². The molecule has 8 rings (SSSR count). The van der Waals surface area contributed by atoms with Gasteiger partial charge in [-0.25, -0.2) is 9.98 Å². The van der Waals surface area contributed by atoms with Crippen molar-refractivity contribution in [1.29, 1.82) is 0 Å². The highest BCUT2D eigenvalue weighted by Gasteiger charge is 2.22. The third-order valence-corrected chi connectivity index (χ3v) is 7.92. The number of nitrogens with zero attached hydrogens (tertiary/aromatic N) is 2. The zero-order valence-corrected chi connectivity index (χ0v) is 23.3. The molecule has 0 bridgehead atoms. The summed E-state index contributed by atoms with van der Waals surface area (Å²) >= 11 is 0. The molecule has 2 heterocycles. The molecule has 1 aliphatic heterocycles. The molecule has 4 heteroatoms. The summed E-state index contributed by atoms with van der Waals surface area (Å²) < 4.78 is 6.57. The number of benzene rings is 6. The second-order valence-electron chi connectivity index (χ2n) is 10.7. The first-order chi connectivity index (χ1) is 21.3. The molecule has 0 radical (unpaired) electrons. The average Bonchev–Trinajstić information content (AvgIpc) is 3.47. The first-order valence-corrected chi connectivity index (χ1v) is 14.4. The second-order valence-corrected chi connectivity index (χ2v) is 10.7. The Morgan fingerprint density at radius 2 is 1.00 bits per heavy atom. The van der Waals surface area contributed by atoms with Gasteiger partial charge in [-0.3, -0.25) is 0 Å². The van der Waals surface area contributed by atoms with Gasteiger partial charge in [-0.2, -0.15) is 0 Å². The van der Waals surface area contributed by atoms with Crippen LogP contribution in [0.1, 0.15) is 22.9 Å². The molecule has 204 valence electrons. The zero-order chi connectivity index (χ0) is 28.6. The third-order valence-electron chi connectivity index (χ3n) is 7.92. The van der Waals surface area contributed by atoms with Gasteiger partial charge in [0.25, 0.3) is 0 Å². The van der Waals surface area contributed by atoms with Crippen molar-refractivity contribution in [3.63, 3.8) is 0 Å². The fraction of sp³-hybridized carbons (Fsp3) is 0.0256. The normalized spacial score (nSPS) is 13.5. The molecule has 0 spiro atoms. The standard InChI is InChI=1S/C39H27N3O/c1-5-13-26(14-6-1)31-24-32(27-15-7-2-8-16-27)36-34(25-31)33-23-30(21-22-35(33)43-36)39-41-37(28-17-9-3-10-18-28)40-38(42-39)29-19-11-4-12-20-29/h1-25,39H,(H,40,41,42). The van der Waals surface area contributed by atoms with Crippen molar-refractivity contribution in [2.45, 2.75) is 6.17 Å². The summed E-state index contributed by atoms with van der Waals surface area (Å²) in [7, 11) is 0. The van der Waals surface area contributed by atoms with Crippen molar-refractivity contribution in [2.75, 3.05) is 0 Å². The van der Waals surface area contributed by atoms with Crippen LogP contribution in [-0.4, -0.2) is 11.7 Å². The minimum Gasteiger partial charge on any atom is -0.455 e. The maximum absolute atomic E-state index is 6.57. The van der Waals surface area contributed by atoms with E-state index in [2.05, 4.69) is 108 Å². The number of nitrogens with one attached hydrogen (secondary N) is 1. The summed E-state index contributed by atoms with van der Waals surface area (Å²) in [5, 5.41) is 5.60. The van der Waals surface area contributed by atoms with Gasteiger partial charge in [0.15, 0.2) is 6.17 Å². The van der Waals surface area contributed by atoms with Crippen LogP contribution in [0.25, 0.3) is 44.2 Å². The predicted octanol–water partition coefficient (Wildman–Crippen LogP) is 9.42. The van der Waals surface area contributed by atoms with Crippen LogP contribution >= 0.6 is 0 Å². The molecule has 43 heavy (non-hydrogen) atoms. The van der Waals surface area contributed by atoms with Gasteiger partial charge in [-0.15, -0.1) is 0 Å². The maximum atomic E-state index is 6.57. The number of amidine groups is 2. The van der Waals surface area contributed by atoms with Gasteiger partial charge in [0.2, 0.25) is 0 Å². The highest BCUT2D eigenvalue weighted by atomic mass is 16.3.